The average Bonchev–Trinajstić information content (AvgIpc) is 2.72. The van der Waals surface area contributed by atoms with Gasteiger partial charge in [-0.15, -0.1) is 5.56 Å². The second-order valence-electron chi connectivity index (χ2n) is 6.70. The number of halogens is 1. The molecule has 0 saturated heterocycles. The zero-order valence-corrected chi connectivity index (χ0v) is 22.2. The predicted molar refractivity (Wildman–Crippen MR) is 119 cm³/mol. The van der Waals surface area contributed by atoms with E-state index < -0.39 is 17.4 Å². The van der Waals surface area contributed by atoms with Crippen molar-refractivity contribution < 1.29 is 66.3 Å². The molecule has 2 unspecified atom stereocenters. The molecule has 4 nitrogen and oxygen atoms in total. The van der Waals surface area contributed by atoms with Gasteiger partial charge in [0.25, 0.3) is 7.48 Å². The van der Waals surface area contributed by atoms with Gasteiger partial charge in [-0.2, -0.15) is 24.0 Å². The number of carboxylic acid groups (broad SMARTS) is 1. The van der Waals surface area contributed by atoms with Gasteiger partial charge in [-0.25, -0.2) is 6.42 Å². The summed E-state index contributed by atoms with van der Waals surface area (Å²) in [5, 5.41) is 18.4. The summed E-state index contributed by atoms with van der Waals surface area (Å²) in [4.78, 5) is 11.0. The van der Waals surface area contributed by atoms with E-state index in [9.17, 15) is 4.79 Å². The number of hydrogen-bond donors (Lipinski definition) is 3. The van der Waals surface area contributed by atoms with E-state index in [-0.39, 0.29) is 51.4 Å². The quantitative estimate of drug-likeness (QED) is 0.323. The zero-order valence-electron chi connectivity index (χ0n) is 18.3. The van der Waals surface area contributed by atoms with Gasteiger partial charge in [0, 0.05) is 5.02 Å². The Bertz CT molecular complexity index is 577. The first-order valence-corrected chi connectivity index (χ1v) is 10.4. The van der Waals surface area contributed by atoms with Crippen molar-refractivity contribution in [2.75, 3.05) is 0 Å². The molecule has 159 valence electrons. The van der Waals surface area contributed by atoms with E-state index in [0.717, 1.165) is 18.9 Å². The maximum absolute atomic E-state index is 11.0. The molecular formula is C22H35BClKNO3-2. The maximum Gasteiger partial charge on any atom is 1.00 e. The second-order valence-corrected chi connectivity index (χ2v) is 7.14. The fraction of sp³-hybridized carbons (Fsp3) is 0.545. The summed E-state index contributed by atoms with van der Waals surface area (Å²) in [5.41, 5.74) is 7.29. The van der Waals surface area contributed by atoms with Crippen molar-refractivity contribution in [2.24, 2.45) is 11.7 Å². The Labute approximate surface area is 226 Å². The van der Waals surface area contributed by atoms with Gasteiger partial charge in [-0.1, -0.05) is 76.0 Å². The zero-order chi connectivity index (χ0) is 21.6. The molecule has 0 bridgehead atoms. The summed E-state index contributed by atoms with van der Waals surface area (Å²) in [6.07, 6.45) is 8.67. The van der Waals surface area contributed by atoms with Crippen LogP contribution >= 0.6 is 11.6 Å². The summed E-state index contributed by atoms with van der Waals surface area (Å²) in [6.45, 7) is 11.3. The first kappa shape index (κ1) is 31.7. The Morgan fingerprint density at radius 1 is 1.41 bits per heavy atom. The molecule has 0 heterocycles. The number of carbonyl (C=O) groups is 1. The fourth-order valence-electron chi connectivity index (χ4n) is 2.94. The Morgan fingerprint density at radius 2 is 2.07 bits per heavy atom. The van der Waals surface area contributed by atoms with Crippen LogP contribution in [0.4, 0.5) is 0 Å². The predicted octanol–water partition coefficient (Wildman–Crippen LogP) is 1.90. The normalized spacial score (nSPS) is 14.7. The van der Waals surface area contributed by atoms with Gasteiger partial charge in [0.15, 0.2) is 0 Å². The van der Waals surface area contributed by atoms with Crippen LogP contribution in [0.5, 0.6) is 0 Å². The topological polar surface area (TPSA) is 83.5 Å². The molecule has 4 N–H and O–H groups in total. The number of nitrogens with two attached hydrogens (primary N) is 1. The molecule has 0 aromatic heterocycles. The third-order valence-electron chi connectivity index (χ3n) is 4.77. The van der Waals surface area contributed by atoms with E-state index in [4.69, 9.17) is 27.5 Å². The monoisotopic (exact) mass is 446 g/mol. The number of carboxylic acids is 1. The van der Waals surface area contributed by atoms with E-state index in [1.54, 1.807) is 0 Å². The van der Waals surface area contributed by atoms with Gasteiger partial charge in [-0.05, 0) is 6.42 Å². The smallest absolute Gasteiger partial charge is 0.480 e. The summed E-state index contributed by atoms with van der Waals surface area (Å²) in [7, 11) is 1.07. The molecule has 7 heteroatoms. The molecule has 0 fully saturated rings. The Morgan fingerprint density at radius 3 is 2.62 bits per heavy atom. The molecule has 0 saturated carbocycles. The average molecular weight is 447 g/mol. The van der Waals surface area contributed by atoms with Crippen LogP contribution < -0.4 is 57.1 Å². The molecule has 1 aromatic rings. The number of rotatable bonds is 8. The fourth-order valence-corrected chi connectivity index (χ4v) is 3.13. The first-order chi connectivity index (χ1) is 13.3. The molecule has 1 aliphatic carbocycles. The molecular weight excluding hydrogens is 412 g/mol. The van der Waals surface area contributed by atoms with Gasteiger partial charge >= 0.3 is 57.4 Å². The van der Waals surface area contributed by atoms with E-state index in [1.165, 1.54) is 30.4 Å². The van der Waals surface area contributed by atoms with E-state index in [1.807, 2.05) is 19.9 Å². The number of fused-ring (bicyclic) bond motifs is 1. The van der Waals surface area contributed by atoms with Crippen molar-refractivity contribution in [3.63, 3.8) is 0 Å². The molecule has 2 rings (SSSR count). The van der Waals surface area contributed by atoms with E-state index in [0.29, 0.717) is 25.6 Å². The minimum absolute atomic E-state index is 0. The summed E-state index contributed by atoms with van der Waals surface area (Å²) >= 11 is 5.86. The van der Waals surface area contributed by atoms with Crippen molar-refractivity contribution >= 4 is 25.1 Å². The number of aryl methyl sites for hydroxylation is 1. The number of benzene rings is 1. The van der Waals surface area contributed by atoms with Crippen molar-refractivity contribution in [2.45, 2.75) is 70.7 Å². The molecule has 1 aromatic carbocycles. The van der Waals surface area contributed by atoms with Gasteiger partial charge in [0.1, 0.15) is 0 Å². The van der Waals surface area contributed by atoms with Crippen molar-refractivity contribution in [1.29, 1.82) is 0 Å². The van der Waals surface area contributed by atoms with Crippen LogP contribution in [0.15, 0.2) is 18.2 Å². The largest absolute Gasteiger partial charge is 1.00 e. The van der Waals surface area contributed by atoms with Gasteiger partial charge in [0.2, 0.25) is 0 Å². The van der Waals surface area contributed by atoms with Crippen LogP contribution in [0, 0.1) is 26.2 Å². The molecule has 0 amide bonds. The van der Waals surface area contributed by atoms with Gasteiger partial charge in [0.05, 0.1) is 5.54 Å². The third kappa shape index (κ3) is 11.6. The molecule has 1 aliphatic rings. The van der Waals surface area contributed by atoms with Gasteiger partial charge < -0.3 is 29.7 Å². The number of unbranched alkanes of at least 4 members (excludes halogenated alkanes) is 1. The minimum Gasteiger partial charge on any atom is -0.480 e. The van der Waals surface area contributed by atoms with Crippen LogP contribution in [0.2, 0.25) is 11.3 Å². The van der Waals surface area contributed by atoms with Crippen LogP contribution in [-0.2, 0) is 11.2 Å². The molecule has 1 radical (unpaired) electrons. The SMILES string of the molecule is CC.Clc1ccc2c(c1)CCC[CH-]2.[CH2-]CC([CH2-])C(N)(CCCC[B]O)C(=O)O.[K+]. The van der Waals surface area contributed by atoms with Crippen molar-refractivity contribution in [1.82, 2.24) is 0 Å². The summed E-state index contributed by atoms with van der Waals surface area (Å²) in [6, 6.07) is 6.14. The van der Waals surface area contributed by atoms with E-state index >= 15 is 0 Å². The minimum atomic E-state index is -1.29. The molecule has 0 spiro atoms. The van der Waals surface area contributed by atoms with Crippen LogP contribution in [0.3, 0.4) is 0 Å². The summed E-state index contributed by atoms with van der Waals surface area (Å²) < 4.78 is 0. The van der Waals surface area contributed by atoms with Crippen LogP contribution in [-0.4, -0.2) is 29.1 Å². The molecule has 2 atom stereocenters. The summed E-state index contributed by atoms with van der Waals surface area (Å²) in [5.74, 6) is -1.42. The third-order valence-corrected chi connectivity index (χ3v) is 5.00. The maximum atomic E-state index is 11.0. The number of aliphatic carboxylic acids is 1. The molecule has 29 heavy (non-hydrogen) atoms. The van der Waals surface area contributed by atoms with Crippen molar-refractivity contribution in [3.05, 3.63) is 54.6 Å². The Hall–Kier alpha value is 0.471. The Balaban J connectivity index is 0. The standard InChI is InChI=1S/C10H19BNO3.C10H10Cl.C2H6.K/c1-3-8(2)10(12,9(13)14)6-4-5-7-11-15;11-10-6-5-8-3-1-2-4-9(8)7-10;1-2;/h8,15H,1-7,12H2,(H,13,14);3,5-7H,1-2,4H2;1-2H3;/q-2;-1;;+1. The Kier molecular flexibility index (Phi) is 19.7. The van der Waals surface area contributed by atoms with Gasteiger partial charge in [-0.3, -0.25) is 4.79 Å². The molecule has 0 aliphatic heterocycles. The van der Waals surface area contributed by atoms with Crippen LogP contribution in [0.1, 0.15) is 63.5 Å². The van der Waals surface area contributed by atoms with E-state index in [2.05, 4.69) is 32.4 Å². The van der Waals surface area contributed by atoms with Crippen LogP contribution in [0.25, 0.3) is 0 Å². The second kappa shape index (κ2) is 18.1. The number of hydrogen-bond acceptors (Lipinski definition) is 3. The first-order valence-electron chi connectivity index (χ1n) is 10.1. The van der Waals surface area contributed by atoms with Crippen molar-refractivity contribution in [3.8, 4) is 0 Å².